The van der Waals surface area contributed by atoms with E-state index >= 15 is 0 Å². The Morgan fingerprint density at radius 2 is 1.81 bits per heavy atom. The molecule has 1 aromatic carbocycles. The molecule has 170 valence electrons. The number of rotatable bonds is 10. The van der Waals surface area contributed by atoms with Gasteiger partial charge in [0.05, 0.1) is 0 Å². The van der Waals surface area contributed by atoms with Crippen LogP contribution in [-0.2, 0) is 19.1 Å². The van der Waals surface area contributed by atoms with E-state index in [1.807, 2.05) is 26.0 Å². The van der Waals surface area contributed by atoms with Gasteiger partial charge in [-0.25, -0.2) is 4.79 Å². The summed E-state index contributed by atoms with van der Waals surface area (Å²) in [4.78, 5) is 49.8. The van der Waals surface area contributed by atoms with E-state index < -0.39 is 42.5 Å². The molecule has 0 aliphatic carbocycles. The van der Waals surface area contributed by atoms with Crippen molar-refractivity contribution in [2.75, 3.05) is 18.5 Å². The molecule has 31 heavy (non-hydrogen) atoms. The Hall–Kier alpha value is -2.90. The molecular weight excluding hydrogens is 398 g/mol. The molecule has 1 heterocycles. The molecule has 1 aliphatic rings. The van der Waals surface area contributed by atoms with E-state index in [9.17, 15) is 19.2 Å². The molecule has 0 saturated carbocycles. The van der Waals surface area contributed by atoms with Gasteiger partial charge in [0.25, 0.3) is 11.8 Å². The Morgan fingerprint density at radius 1 is 1.16 bits per heavy atom. The number of urea groups is 1. The molecule has 8 nitrogen and oxygen atoms in total. The maximum atomic E-state index is 12.6. The van der Waals surface area contributed by atoms with Crippen LogP contribution in [0, 0.1) is 5.92 Å². The number of benzene rings is 1. The van der Waals surface area contributed by atoms with Crippen molar-refractivity contribution in [2.45, 2.75) is 65.3 Å². The van der Waals surface area contributed by atoms with Crippen molar-refractivity contribution in [1.82, 2.24) is 10.2 Å². The van der Waals surface area contributed by atoms with Crippen LogP contribution in [0.3, 0.4) is 0 Å². The number of carbonyl (C=O) groups excluding carboxylic acids is 4. The van der Waals surface area contributed by atoms with E-state index in [0.717, 1.165) is 17.7 Å². The van der Waals surface area contributed by atoms with Crippen LogP contribution in [-0.4, -0.2) is 47.4 Å². The van der Waals surface area contributed by atoms with Crippen LogP contribution in [0.1, 0.15) is 65.4 Å². The first-order valence-electron chi connectivity index (χ1n) is 10.7. The maximum absolute atomic E-state index is 12.6. The molecule has 0 unspecified atom stereocenters. The molecule has 0 radical (unpaired) electrons. The molecule has 0 aromatic heterocycles. The van der Waals surface area contributed by atoms with E-state index in [-0.39, 0.29) is 0 Å². The van der Waals surface area contributed by atoms with Gasteiger partial charge in [0, 0.05) is 5.69 Å². The molecule has 1 aliphatic heterocycles. The zero-order valence-corrected chi connectivity index (χ0v) is 19.0. The van der Waals surface area contributed by atoms with Crippen molar-refractivity contribution in [3.8, 4) is 0 Å². The molecule has 4 amide bonds. The van der Waals surface area contributed by atoms with Gasteiger partial charge in [0.15, 0.2) is 6.61 Å². The van der Waals surface area contributed by atoms with Crippen molar-refractivity contribution in [2.24, 2.45) is 5.92 Å². The van der Waals surface area contributed by atoms with E-state index in [0.29, 0.717) is 23.9 Å². The van der Waals surface area contributed by atoms with Gasteiger partial charge in [0.1, 0.15) is 12.1 Å². The van der Waals surface area contributed by atoms with Crippen LogP contribution in [0.25, 0.3) is 0 Å². The molecule has 1 fully saturated rings. The number of amides is 4. The summed E-state index contributed by atoms with van der Waals surface area (Å²) in [6.07, 6.45) is 2.27. The highest BCUT2D eigenvalue weighted by molar-refractivity contribution is 6.08. The average Bonchev–Trinajstić information content (AvgIpc) is 2.94. The second-order valence-corrected chi connectivity index (χ2v) is 8.73. The van der Waals surface area contributed by atoms with Gasteiger partial charge < -0.3 is 15.4 Å². The second kappa shape index (κ2) is 10.4. The van der Waals surface area contributed by atoms with E-state index in [1.165, 1.54) is 5.56 Å². The molecular formula is C23H33N3O5. The highest BCUT2D eigenvalue weighted by Gasteiger charge is 2.48. The average molecular weight is 432 g/mol. The number of ether oxygens (including phenoxy) is 1. The molecule has 0 spiro atoms. The van der Waals surface area contributed by atoms with Crippen LogP contribution < -0.4 is 10.6 Å². The van der Waals surface area contributed by atoms with Crippen molar-refractivity contribution in [3.05, 3.63) is 29.8 Å². The minimum atomic E-state index is -1.03. The lowest BCUT2D eigenvalue weighted by atomic mass is 9.92. The van der Waals surface area contributed by atoms with Crippen LogP contribution in [0.5, 0.6) is 0 Å². The summed E-state index contributed by atoms with van der Waals surface area (Å²) in [5.41, 5.74) is 0.754. The van der Waals surface area contributed by atoms with E-state index in [1.54, 1.807) is 19.1 Å². The number of carbonyl (C=O) groups is 4. The molecule has 2 N–H and O–H groups in total. The summed E-state index contributed by atoms with van der Waals surface area (Å²) in [7, 11) is 0. The van der Waals surface area contributed by atoms with Gasteiger partial charge in [-0.3, -0.25) is 19.3 Å². The summed E-state index contributed by atoms with van der Waals surface area (Å²) in [5, 5.41) is 5.31. The lowest BCUT2D eigenvalue weighted by molar-refractivity contribution is -0.150. The Labute approximate surface area is 183 Å². The minimum Gasteiger partial charge on any atom is -0.454 e. The second-order valence-electron chi connectivity index (χ2n) is 8.73. The third-order valence-electron chi connectivity index (χ3n) is 5.59. The number of hydrogen-bond acceptors (Lipinski definition) is 5. The van der Waals surface area contributed by atoms with Crippen molar-refractivity contribution in [3.63, 3.8) is 0 Å². The van der Waals surface area contributed by atoms with Crippen molar-refractivity contribution < 1.29 is 23.9 Å². The van der Waals surface area contributed by atoms with Crippen LogP contribution in [0.4, 0.5) is 10.5 Å². The molecule has 2 atom stereocenters. The smallest absolute Gasteiger partial charge is 0.326 e. The van der Waals surface area contributed by atoms with Crippen LogP contribution in [0.15, 0.2) is 24.3 Å². The first kappa shape index (κ1) is 24.4. The van der Waals surface area contributed by atoms with Gasteiger partial charge in [-0.05, 0) is 55.7 Å². The van der Waals surface area contributed by atoms with Crippen molar-refractivity contribution in [1.29, 1.82) is 0 Å². The number of hydrogen-bond donors (Lipinski definition) is 2. The lowest BCUT2D eigenvalue weighted by Crippen LogP contribution is -2.44. The summed E-state index contributed by atoms with van der Waals surface area (Å²) < 4.78 is 4.96. The number of imide groups is 1. The van der Waals surface area contributed by atoms with Crippen molar-refractivity contribution >= 4 is 29.5 Å². The first-order chi connectivity index (χ1) is 14.6. The predicted octanol–water partition coefficient (Wildman–Crippen LogP) is 3.43. The third-order valence-corrected chi connectivity index (χ3v) is 5.59. The summed E-state index contributed by atoms with van der Waals surface area (Å²) in [6, 6.07) is 6.87. The topological polar surface area (TPSA) is 105 Å². The monoisotopic (exact) mass is 431 g/mol. The fourth-order valence-corrected chi connectivity index (χ4v) is 3.29. The zero-order chi connectivity index (χ0) is 23.2. The van der Waals surface area contributed by atoms with Gasteiger partial charge in [-0.1, -0.05) is 39.8 Å². The standard InChI is InChI=1S/C23H33N3O5/c1-6-16(4)17-7-9-18(10-8-17)24-19(27)14-31-20(28)13-26-21(29)23(5,25-22(26)30)12-11-15(2)3/h7-10,15-16H,6,11-14H2,1-5H3,(H,24,27)(H,25,30)/t16-,23-/m0/s1. The third kappa shape index (κ3) is 6.54. The van der Waals surface area contributed by atoms with Gasteiger partial charge in [-0.15, -0.1) is 0 Å². The Morgan fingerprint density at radius 3 is 2.39 bits per heavy atom. The van der Waals surface area contributed by atoms with Crippen LogP contribution in [0.2, 0.25) is 0 Å². The SMILES string of the molecule is CC[C@H](C)c1ccc(NC(=O)COC(=O)CN2C(=O)N[C@@](C)(CCC(C)C)C2=O)cc1. The minimum absolute atomic E-state index is 0.380. The lowest BCUT2D eigenvalue weighted by Gasteiger charge is -2.22. The zero-order valence-electron chi connectivity index (χ0n) is 19.0. The quantitative estimate of drug-likeness (QED) is 0.436. The Balaban J connectivity index is 1.82. The fraction of sp³-hybridized carbons (Fsp3) is 0.565. The molecule has 8 heteroatoms. The fourth-order valence-electron chi connectivity index (χ4n) is 3.29. The summed E-state index contributed by atoms with van der Waals surface area (Å²) >= 11 is 0. The largest absolute Gasteiger partial charge is 0.454 e. The highest BCUT2D eigenvalue weighted by Crippen LogP contribution is 2.24. The highest BCUT2D eigenvalue weighted by atomic mass is 16.5. The number of esters is 1. The van der Waals surface area contributed by atoms with Gasteiger partial charge in [-0.2, -0.15) is 0 Å². The normalized spacial score (nSPS) is 19.4. The number of nitrogens with zero attached hydrogens (tertiary/aromatic N) is 1. The Bertz CT molecular complexity index is 821. The maximum Gasteiger partial charge on any atom is 0.326 e. The molecule has 1 aromatic rings. The first-order valence-corrected chi connectivity index (χ1v) is 10.7. The molecule has 2 rings (SSSR count). The number of anilines is 1. The molecule has 0 bridgehead atoms. The van der Waals surface area contributed by atoms with Crippen LogP contribution >= 0.6 is 0 Å². The number of nitrogens with one attached hydrogen (secondary N) is 2. The summed E-state index contributed by atoms with van der Waals surface area (Å²) in [5.74, 6) is -0.961. The van der Waals surface area contributed by atoms with E-state index in [4.69, 9.17) is 4.74 Å². The Kier molecular flexibility index (Phi) is 8.19. The van der Waals surface area contributed by atoms with E-state index in [2.05, 4.69) is 24.5 Å². The summed E-state index contributed by atoms with van der Waals surface area (Å²) in [6.45, 7) is 8.93. The predicted molar refractivity (Wildman–Crippen MR) is 117 cm³/mol. The van der Waals surface area contributed by atoms with Gasteiger partial charge in [0.2, 0.25) is 0 Å². The van der Waals surface area contributed by atoms with Gasteiger partial charge >= 0.3 is 12.0 Å². The molecule has 1 saturated heterocycles.